The van der Waals surface area contributed by atoms with E-state index in [0.29, 0.717) is 15.9 Å². The van der Waals surface area contributed by atoms with Crippen molar-refractivity contribution in [3.63, 3.8) is 0 Å². The van der Waals surface area contributed by atoms with E-state index in [4.69, 9.17) is 21.6 Å². The van der Waals surface area contributed by atoms with Gasteiger partial charge in [-0.2, -0.15) is 0 Å². The number of carbonyl (C=O) groups is 1. The van der Waals surface area contributed by atoms with Gasteiger partial charge in [-0.25, -0.2) is 9.97 Å². The Hall–Kier alpha value is -3.15. The highest BCUT2D eigenvalue weighted by Crippen LogP contribution is 2.41. The fraction of sp³-hybridized carbons (Fsp3) is 0.179. The monoisotopic (exact) mass is 485 g/mol. The van der Waals surface area contributed by atoms with Gasteiger partial charge in [-0.05, 0) is 43.7 Å². The Labute approximate surface area is 208 Å². The van der Waals surface area contributed by atoms with Crippen molar-refractivity contribution >= 4 is 51.4 Å². The molecule has 2 heterocycles. The van der Waals surface area contributed by atoms with Crippen LogP contribution < -0.4 is 4.90 Å². The molecule has 34 heavy (non-hydrogen) atoms. The summed E-state index contributed by atoms with van der Waals surface area (Å²) in [4.78, 5) is 24.1. The Balaban J connectivity index is 1.54. The summed E-state index contributed by atoms with van der Waals surface area (Å²) in [6.07, 6.45) is 2.18. The Morgan fingerprint density at radius 3 is 2.50 bits per heavy atom. The lowest BCUT2D eigenvalue weighted by Crippen LogP contribution is -2.48. The van der Waals surface area contributed by atoms with Crippen LogP contribution in [0.1, 0.15) is 26.3 Å². The van der Waals surface area contributed by atoms with Gasteiger partial charge in [0, 0.05) is 34.2 Å². The Bertz CT molecular complexity index is 1430. The minimum absolute atomic E-state index is 0.0319. The van der Waals surface area contributed by atoms with E-state index in [-0.39, 0.29) is 5.91 Å². The highest BCUT2D eigenvalue weighted by molar-refractivity contribution is 7.99. The first-order valence-corrected chi connectivity index (χ1v) is 12.5. The SMILES string of the molecule is CC(=O)N1c2ccccc2C(CSc2nc(-c3ccccc3)c3cc(Cl)ccc3n2)=CC1(C)C. The third-order valence-electron chi connectivity index (χ3n) is 5.95. The van der Waals surface area contributed by atoms with Gasteiger partial charge in [0.25, 0.3) is 0 Å². The smallest absolute Gasteiger partial charge is 0.224 e. The quantitative estimate of drug-likeness (QED) is 0.225. The van der Waals surface area contributed by atoms with Crippen LogP contribution >= 0.6 is 23.4 Å². The number of halogens is 1. The minimum atomic E-state index is -0.424. The van der Waals surface area contributed by atoms with E-state index in [2.05, 4.69) is 38.1 Å². The molecule has 0 fully saturated rings. The lowest BCUT2D eigenvalue weighted by atomic mass is 9.89. The summed E-state index contributed by atoms with van der Waals surface area (Å²) in [7, 11) is 0. The lowest BCUT2D eigenvalue weighted by molar-refractivity contribution is -0.117. The van der Waals surface area contributed by atoms with E-state index in [9.17, 15) is 4.79 Å². The number of anilines is 1. The normalized spacial score (nSPS) is 14.6. The molecule has 1 amide bonds. The van der Waals surface area contributed by atoms with Crippen LogP contribution in [-0.4, -0.2) is 27.2 Å². The Morgan fingerprint density at radius 1 is 1.00 bits per heavy atom. The molecule has 1 aliphatic heterocycles. The molecule has 0 radical (unpaired) electrons. The summed E-state index contributed by atoms with van der Waals surface area (Å²) < 4.78 is 0. The molecule has 1 aromatic heterocycles. The van der Waals surface area contributed by atoms with Gasteiger partial charge in [0.1, 0.15) is 0 Å². The van der Waals surface area contributed by atoms with Gasteiger partial charge in [-0.15, -0.1) is 0 Å². The average Bonchev–Trinajstić information content (AvgIpc) is 2.82. The van der Waals surface area contributed by atoms with Crippen LogP contribution in [0.25, 0.3) is 27.7 Å². The topological polar surface area (TPSA) is 46.1 Å². The molecular formula is C28H24ClN3OS. The first-order chi connectivity index (χ1) is 16.3. The second-order valence-electron chi connectivity index (χ2n) is 8.87. The Morgan fingerprint density at radius 2 is 1.74 bits per heavy atom. The number of fused-ring (bicyclic) bond motifs is 2. The molecule has 6 heteroatoms. The van der Waals surface area contributed by atoms with Crippen molar-refractivity contribution in [3.8, 4) is 11.3 Å². The number of aromatic nitrogens is 2. The van der Waals surface area contributed by atoms with Gasteiger partial charge in [-0.1, -0.05) is 78.0 Å². The van der Waals surface area contributed by atoms with E-state index in [1.165, 1.54) is 5.57 Å². The number of para-hydroxylation sites is 1. The molecule has 0 saturated carbocycles. The zero-order chi connectivity index (χ0) is 23.9. The summed E-state index contributed by atoms with van der Waals surface area (Å²) >= 11 is 7.89. The molecule has 4 nitrogen and oxygen atoms in total. The van der Waals surface area contributed by atoms with E-state index in [1.54, 1.807) is 18.7 Å². The number of nitrogens with zero attached hydrogens (tertiary/aromatic N) is 3. The maximum atomic E-state index is 12.4. The minimum Gasteiger partial charge on any atom is -0.303 e. The van der Waals surface area contributed by atoms with E-state index in [1.807, 2.05) is 59.5 Å². The maximum Gasteiger partial charge on any atom is 0.224 e. The van der Waals surface area contributed by atoms with Gasteiger partial charge in [-0.3, -0.25) is 4.79 Å². The summed E-state index contributed by atoms with van der Waals surface area (Å²) in [5.74, 6) is 0.726. The molecule has 0 atom stereocenters. The van der Waals surface area contributed by atoms with Crippen molar-refractivity contribution in [2.24, 2.45) is 0 Å². The predicted octanol–water partition coefficient (Wildman–Crippen LogP) is 7.27. The largest absolute Gasteiger partial charge is 0.303 e. The standard InChI is InChI=1S/C28H24ClN3OS/c1-18(33)32-25-12-8-7-11-22(25)20(16-28(32,2)3)17-34-27-30-24-14-13-21(29)15-23(24)26(31-27)19-9-5-4-6-10-19/h4-16H,17H2,1-3H3. The third kappa shape index (κ3) is 4.22. The van der Waals surface area contributed by atoms with E-state index < -0.39 is 5.54 Å². The molecule has 0 spiro atoms. The van der Waals surface area contributed by atoms with Crippen molar-refractivity contribution in [2.75, 3.05) is 10.7 Å². The molecule has 4 aromatic rings. The van der Waals surface area contributed by atoms with Gasteiger partial charge in [0.2, 0.25) is 5.91 Å². The number of thioether (sulfide) groups is 1. The van der Waals surface area contributed by atoms with Gasteiger partial charge >= 0.3 is 0 Å². The first kappa shape index (κ1) is 22.6. The summed E-state index contributed by atoms with van der Waals surface area (Å²) in [5, 5.41) is 2.30. The zero-order valence-electron chi connectivity index (χ0n) is 19.2. The molecular weight excluding hydrogens is 462 g/mol. The van der Waals surface area contributed by atoms with Crippen molar-refractivity contribution in [2.45, 2.75) is 31.5 Å². The number of benzene rings is 3. The van der Waals surface area contributed by atoms with E-state index in [0.717, 1.165) is 33.4 Å². The van der Waals surface area contributed by atoms with Gasteiger partial charge < -0.3 is 4.90 Å². The highest BCUT2D eigenvalue weighted by atomic mass is 35.5. The fourth-order valence-electron chi connectivity index (χ4n) is 4.62. The van der Waals surface area contributed by atoms with Crippen molar-refractivity contribution in [1.29, 1.82) is 0 Å². The van der Waals surface area contributed by atoms with Crippen LogP contribution in [0, 0.1) is 0 Å². The van der Waals surface area contributed by atoms with Crippen LogP contribution in [0.4, 0.5) is 5.69 Å². The molecule has 5 rings (SSSR count). The molecule has 0 unspecified atom stereocenters. The number of hydrogen-bond acceptors (Lipinski definition) is 4. The van der Waals surface area contributed by atoms with Crippen molar-refractivity contribution < 1.29 is 4.79 Å². The number of amides is 1. The Kier molecular flexibility index (Phi) is 5.92. The van der Waals surface area contributed by atoms with Gasteiger partial charge in [0.05, 0.1) is 22.4 Å². The van der Waals surface area contributed by atoms with Gasteiger partial charge in [0.15, 0.2) is 5.16 Å². The second-order valence-corrected chi connectivity index (χ2v) is 10.2. The molecule has 0 aliphatic carbocycles. The lowest BCUT2D eigenvalue weighted by Gasteiger charge is -2.41. The number of carbonyl (C=O) groups excluding carboxylic acids is 1. The van der Waals surface area contributed by atoms with Crippen LogP contribution in [0.2, 0.25) is 5.02 Å². The maximum absolute atomic E-state index is 12.4. The summed E-state index contributed by atoms with van der Waals surface area (Å²) in [5.41, 5.74) is 5.52. The molecule has 0 bridgehead atoms. The van der Waals surface area contributed by atoms with Crippen LogP contribution in [0.3, 0.4) is 0 Å². The highest BCUT2D eigenvalue weighted by Gasteiger charge is 2.34. The van der Waals surface area contributed by atoms with E-state index >= 15 is 0 Å². The average molecular weight is 486 g/mol. The molecule has 0 N–H and O–H groups in total. The summed E-state index contributed by atoms with van der Waals surface area (Å²) in [6.45, 7) is 5.75. The van der Waals surface area contributed by atoms with Crippen LogP contribution in [-0.2, 0) is 4.79 Å². The zero-order valence-corrected chi connectivity index (χ0v) is 20.8. The van der Waals surface area contributed by atoms with Crippen LogP contribution in [0.15, 0.2) is 84.0 Å². The number of hydrogen-bond donors (Lipinski definition) is 0. The summed E-state index contributed by atoms with van der Waals surface area (Å²) in [6, 6.07) is 23.9. The third-order valence-corrected chi connectivity index (χ3v) is 7.08. The molecule has 0 saturated heterocycles. The number of rotatable bonds is 4. The fourth-order valence-corrected chi connectivity index (χ4v) is 5.63. The predicted molar refractivity (Wildman–Crippen MR) is 142 cm³/mol. The van der Waals surface area contributed by atoms with Crippen molar-refractivity contribution in [1.82, 2.24) is 9.97 Å². The molecule has 170 valence electrons. The van der Waals surface area contributed by atoms with Crippen LogP contribution in [0.5, 0.6) is 0 Å². The first-order valence-electron chi connectivity index (χ1n) is 11.1. The molecule has 1 aliphatic rings. The molecule has 3 aromatic carbocycles. The van der Waals surface area contributed by atoms with Crippen molar-refractivity contribution in [3.05, 3.63) is 89.5 Å². The second kappa shape index (κ2) is 8.90.